The molecule has 5 heteroatoms. The van der Waals surface area contributed by atoms with Crippen molar-refractivity contribution < 1.29 is 9.63 Å². The fourth-order valence-electron chi connectivity index (χ4n) is 0.787. The highest BCUT2D eigenvalue weighted by atomic mass is 32.2. The molecule has 14 heavy (non-hydrogen) atoms. The Balaban J connectivity index is 3.55. The number of thioether (sulfide) groups is 1. The van der Waals surface area contributed by atoms with E-state index in [4.69, 9.17) is 4.84 Å². The highest BCUT2D eigenvalue weighted by molar-refractivity contribution is 7.99. The molecule has 1 N–H and O–H groups in total. The zero-order valence-electron chi connectivity index (χ0n) is 8.78. The predicted molar refractivity (Wildman–Crippen MR) is 64.8 cm³/mol. The van der Waals surface area contributed by atoms with Gasteiger partial charge in [0.2, 0.25) is 0 Å². The molecule has 0 saturated carbocycles. The van der Waals surface area contributed by atoms with Gasteiger partial charge < -0.3 is 4.84 Å². The van der Waals surface area contributed by atoms with Crippen LogP contribution in [0.25, 0.3) is 0 Å². The SMILES string of the molecule is CCSCC(CC)NOC(=O)CCS. The lowest BCUT2D eigenvalue weighted by Crippen LogP contribution is -2.33. The van der Waals surface area contributed by atoms with Crippen LogP contribution >= 0.6 is 24.4 Å². The minimum atomic E-state index is -0.236. The predicted octanol–water partition coefficient (Wildman–Crippen LogP) is 1.89. The summed E-state index contributed by atoms with van der Waals surface area (Å²) in [6.07, 6.45) is 1.31. The summed E-state index contributed by atoms with van der Waals surface area (Å²) < 4.78 is 0. The van der Waals surface area contributed by atoms with Gasteiger partial charge in [-0.15, -0.1) is 5.48 Å². The van der Waals surface area contributed by atoms with Gasteiger partial charge in [0.15, 0.2) is 0 Å². The Morgan fingerprint density at radius 2 is 2.29 bits per heavy atom. The number of carbonyl (C=O) groups is 1. The van der Waals surface area contributed by atoms with Crippen LogP contribution in [0.2, 0.25) is 0 Å². The third-order valence-corrected chi connectivity index (χ3v) is 2.94. The van der Waals surface area contributed by atoms with Crippen LogP contribution in [-0.2, 0) is 9.63 Å². The van der Waals surface area contributed by atoms with Crippen LogP contribution < -0.4 is 5.48 Å². The summed E-state index contributed by atoms with van der Waals surface area (Å²) in [4.78, 5) is 15.9. The van der Waals surface area contributed by atoms with Crippen molar-refractivity contribution in [1.29, 1.82) is 0 Å². The fraction of sp³-hybridized carbons (Fsp3) is 0.889. The van der Waals surface area contributed by atoms with Crippen molar-refractivity contribution in [2.45, 2.75) is 32.7 Å². The van der Waals surface area contributed by atoms with E-state index in [-0.39, 0.29) is 12.0 Å². The molecule has 1 atom stereocenters. The van der Waals surface area contributed by atoms with Crippen LogP contribution in [0.1, 0.15) is 26.7 Å². The van der Waals surface area contributed by atoms with Crippen LogP contribution in [0.15, 0.2) is 0 Å². The highest BCUT2D eigenvalue weighted by Gasteiger charge is 2.08. The van der Waals surface area contributed by atoms with Gasteiger partial charge in [0.05, 0.1) is 12.5 Å². The molecule has 0 aromatic rings. The number of rotatable bonds is 8. The molecule has 0 aromatic heterocycles. The number of hydrogen-bond donors (Lipinski definition) is 2. The summed E-state index contributed by atoms with van der Waals surface area (Å²) in [6.45, 7) is 4.19. The minimum Gasteiger partial charge on any atom is -0.370 e. The van der Waals surface area contributed by atoms with Gasteiger partial charge in [-0.1, -0.05) is 13.8 Å². The Hall–Kier alpha value is 0.130. The van der Waals surface area contributed by atoms with Gasteiger partial charge in [-0.25, -0.2) is 0 Å². The van der Waals surface area contributed by atoms with Gasteiger partial charge in [-0.2, -0.15) is 24.4 Å². The molecular formula is C9H19NO2S2. The first-order chi connectivity index (χ1) is 6.74. The monoisotopic (exact) mass is 237 g/mol. The molecule has 0 aliphatic heterocycles. The molecule has 1 unspecified atom stereocenters. The quantitative estimate of drug-likeness (QED) is 0.499. The molecular weight excluding hydrogens is 218 g/mol. The van der Waals surface area contributed by atoms with E-state index in [2.05, 4.69) is 32.0 Å². The lowest BCUT2D eigenvalue weighted by molar-refractivity contribution is -0.152. The van der Waals surface area contributed by atoms with Gasteiger partial charge in [0.25, 0.3) is 0 Å². The number of hydroxylamine groups is 1. The molecule has 0 spiro atoms. The maximum absolute atomic E-state index is 11.0. The summed E-state index contributed by atoms with van der Waals surface area (Å²) >= 11 is 5.79. The van der Waals surface area contributed by atoms with E-state index in [9.17, 15) is 4.79 Å². The summed E-state index contributed by atoms with van der Waals surface area (Å²) in [7, 11) is 0. The molecule has 0 aliphatic rings. The average molecular weight is 237 g/mol. The summed E-state index contributed by atoms with van der Waals surface area (Å²) in [5, 5.41) is 0. The maximum Gasteiger partial charge on any atom is 0.325 e. The Bertz CT molecular complexity index is 156. The van der Waals surface area contributed by atoms with Crippen LogP contribution in [0.4, 0.5) is 0 Å². The van der Waals surface area contributed by atoms with Crippen LogP contribution in [-0.4, -0.2) is 29.3 Å². The number of thiol groups is 1. The molecule has 0 fully saturated rings. The van der Waals surface area contributed by atoms with E-state index in [0.29, 0.717) is 12.2 Å². The van der Waals surface area contributed by atoms with E-state index < -0.39 is 0 Å². The van der Waals surface area contributed by atoms with Crippen molar-refractivity contribution in [2.75, 3.05) is 17.3 Å². The van der Waals surface area contributed by atoms with Crippen LogP contribution in [0, 0.1) is 0 Å². The van der Waals surface area contributed by atoms with Gasteiger partial charge in [-0.05, 0) is 12.2 Å². The second kappa shape index (κ2) is 9.68. The summed E-state index contributed by atoms with van der Waals surface area (Å²) in [5.41, 5.74) is 2.78. The van der Waals surface area contributed by atoms with Crippen molar-refractivity contribution in [1.82, 2.24) is 5.48 Å². The Kier molecular flexibility index (Phi) is 9.77. The molecule has 0 rings (SSSR count). The first-order valence-corrected chi connectivity index (χ1v) is 6.67. The van der Waals surface area contributed by atoms with Crippen molar-refractivity contribution in [3.63, 3.8) is 0 Å². The largest absolute Gasteiger partial charge is 0.370 e. The standard InChI is InChI=1S/C9H19NO2S2/c1-3-8(7-14-4-2)10-12-9(11)5-6-13/h8,10,13H,3-7H2,1-2H3. The Morgan fingerprint density at radius 1 is 1.57 bits per heavy atom. The van der Waals surface area contributed by atoms with Gasteiger partial charge in [0.1, 0.15) is 0 Å². The molecule has 84 valence electrons. The molecule has 3 nitrogen and oxygen atoms in total. The van der Waals surface area contributed by atoms with Gasteiger partial charge in [0, 0.05) is 11.5 Å². The smallest absolute Gasteiger partial charge is 0.325 e. The molecule has 0 aliphatic carbocycles. The van der Waals surface area contributed by atoms with Gasteiger partial charge >= 0.3 is 5.97 Å². The zero-order valence-corrected chi connectivity index (χ0v) is 10.5. The maximum atomic E-state index is 11.0. The molecule has 0 amide bonds. The van der Waals surface area contributed by atoms with Crippen LogP contribution in [0.3, 0.4) is 0 Å². The van der Waals surface area contributed by atoms with E-state index in [1.165, 1.54) is 0 Å². The topological polar surface area (TPSA) is 38.3 Å². The minimum absolute atomic E-state index is 0.236. The second-order valence-corrected chi connectivity index (χ2v) is 4.60. The average Bonchev–Trinajstić information content (AvgIpc) is 2.19. The first kappa shape index (κ1) is 14.1. The van der Waals surface area contributed by atoms with Crippen molar-refractivity contribution in [3.05, 3.63) is 0 Å². The lowest BCUT2D eigenvalue weighted by atomic mass is 10.3. The van der Waals surface area contributed by atoms with Crippen LogP contribution in [0.5, 0.6) is 0 Å². The number of carbonyl (C=O) groups excluding carboxylic acids is 1. The zero-order chi connectivity index (χ0) is 10.8. The normalized spacial score (nSPS) is 12.5. The lowest BCUT2D eigenvalue weighted by Gasteiger charge is -2.15. The Morgan fingerprint density at radius 3 is 2.79 bits per heavy atom. The Labute approximate surface area is 95.7 Å². The third-order valence-electron chi connectivity index (χ3n) is 1.67. The second-order valence-electron chi connectivity index (χ2n) is 2.83. The van der Waals surface area contributed by atoms with Crippen molar-refractivity contribution in [2.24, 2.45) is 0 Å². The summed E-state index contributed by atoms with van der Waals surface area (Å²) in [5.74, 6) is 2.35. The molecule has 0 bridgehead atoms. The number of nitrogens with one attached hydrogen (secondary N) is 1. The molecule has 0 radical (unpaired) electrons. The molecule has 0 saturated heterocycles. The summed E-state index contributed by atoms with van der Waals surface area (Å²) in [6, 6.07) is 0.254. The van der Waals surface area contributed by atoms with Crippen molar-refractivity contribution >= 4 is 30.4 Å². The highest BCUT2D eigenvalue weighted by Crippen LogP contribution is 2.04. The fourth-order valence-corrected chi connectivity index (χ4v) is 1.79. The molecule has 0 aromatic carbocycles. The van der Waals surface area contributed by atoms with Crippen molar-refractivity contribution in [3.8, 4) is 0 Å². The number of hydrogen-bond acceptors (Lipinski definition) is 5. The van der Waals surface area contributed by atoms with E-state index in [1.807, 2.05) is 11.8 Å². The third kappa shape index (κ3) is 7.53. The molecule has 0 heterocycles. The van der Waals surface area contributed by atoms with E-state index in [0.717, 1.165) is 17.9 Å². The first-order valence-electron chi connectivity index (χ1n) is 4.88. The van der Waals surface area contributed by atoms with E-state index >= 15 is 0 Å². The van der Waals surface area contributed by atoms with E-state index in [1.54, 1.807) is 0 Å². The van der Waals surface area contributed by atoms with Gasteiger partial charge in [-0.3, -0.25) is 4.79 Å².